The lowest BCUT2D eigenvalue weighted by molar-refractivity contribution is -0.135. The highest BCUT2D eigenvalue weighted by Crippen LogP contribution is 2.20. The number of benzene rings is 2. The second-order valence-corrected chi connectivity index (χ2v) is 6.97. The third-order valence-corrected chi connectivity index (χ3v) is 4.06. The Balaban J connectivity index is 2.09. The van der Waals surface area contributed by atoms with Crippen LogP contribution in [0.5, 0.6) is 11.5 Å². The molecule has 6 heteroatoms. The highest BCUT2D eigenvalue weighted by molar-refractivity contribution is 5.88. The Morgan fingerprint density at radius 1 is 0.781 bits per heavy atom. The predicted octanol–water partition coefficient (Wildman–Crippen LogP) is 5.46. The number of hydrogen-bond acceptors (Lipinski definition) is 5. The van der Waals surface area contributed by atoms with Crippen molar-refractivity contribution < 1.29 is 28.2 Å². The van der Waals surface area contributed by atoms with Crippen LogP contribution in [0.1, 0.15) is 38.8 Å². The Morgan fingerprint density at radius 2 is 1.38 bits per heavy atom. The van der Waals surface area contributed by atoms with Gasteiger partial charge in [-0.1, -0.05) is 25.0 Å². The Kier molecular flexibility index (Phi) is 8.14. The first-order valence-corrected chi connectivity index (χ1v) is 9.59. The number of allylic oxidation sites excluding steroid dienone is 2. The minimum absolute atomic E-state index is 0.183. The predicted molar refractivity (Wildman–Crippen MR) is 119 cm³/mol. The zero-order valence-electron chi connectivity index (χ0n) is 18.4. The van der Waals surface area contributed by atoms with E-state index in [9.17, 15) is 14.0 Å². The maximum atomic E-state index is 14.4. The van der Waals surface area contributed by atoms with Gasteiger partial charge in [0.05, 0.1) is 5.56 Å². The molecule has 0 saturated heterocycles. The van der Waals surface area contributed by atoms with Gasteiger partial charge >= 0.3 is 11.9 Å². The molecule has 0 bridgehead atoms. The van der Waals surface area contributed by atoms with E-state index >= 15 is 0 Å². The van der Waals surface area contributed by atoms with Gasteiger partial charge in [-0.25, -0.2) is 14.0 Å². The van der Waals surface area contributed by atoms with Crippen molar-refractivity contribution in [3.63, 3.8) is 0 Å². The Bertz CT molecular complexity index is 1160. The fourth-order valence-electron chi connectivity index (χ4n) is 2.15. The maximum absolute atomic E-state index is 14.4. The Hall–Kier alpha value is -4.11. The normalized spacial score (nSPS) is 10.8. The number of esters is 2. The average molecular weight is 434 g/mol. The molecule has 0 amide bonds. The third-order valence-electron chi connectivity index (χ3n) is 4.06. The molecule has 0 aliphatic carbocycles. The van der Waals surface area contributed by atoms with Gasteiger partial charge < -0.3 is 14.2 Å². The monoisotopic (exact) mass is 434 g/mol. The molecule has 0 N–H and O–H groups in total. The van der Waals surface area contributed by atoms with Crippen LogP contribution >= 0.6 is 0 Å². The van der Waals surface area contributed by atoms with Crippen molar-refractivity contribution in [3.8, 4) is 23.3 Å². The average Bonchev–Trinajstić information content (AvgIpc) is 2.73. The lowest BCUT2D eigenvalue weighted by Gasteiger charge is -2.10. The minimum Gasteiger partial charge on any atom is -0.458 e. The van der Waals surface area contributed by atoms with Gasteiger partial charge in [0.25, 0.3) is 0 Å². The van der Waals surface area contributed by atoms with E-state index in [0.29, 0.717) is 22.6 Å². The number of carbonyl (C=O) groups is 2. The van der Waals surface area contributed by atoms with Crippen molar-refractivity contribution in [2.45, 2.75) is 27.7 Å². The molecular weight excluding hydrogens is 411 g/mol. The van der Waals surface area contributed by atoms with Crippen molar-refractivity contribution in [2.75, 3.05) is 0 Å². The summed E-state index contributed by atoms with van der Waals surface area (Å²) >= 11 is 0. The van der Waals surface area contributed by atoms with Crippen molar-refractivity contribution >= 4 is 11.9 Å². The molecule has 0 aromatic heterocycles. The molecule has 0 fully saturated rings. The summed E-state index contributed by atoms with van der Waals surface area (Å²) in [4.78, 5) is 23.1. The van der Waals surface area contributed by atoms with Gasteiger partial charge in [-0.3, -0.25) is 0 Å². The van der Waals surface area contributed by atoms with Crippen LogP contribution in [0.4, 0.5) is 4.39 Å². The summed E-state index contributed by atoms with van der Waals surface area (Å²) in [5.74, 6) is 5.13. The van der Waals surface area contributed by atoms with Gasteiger partial charge in [-0.05, 0) is 64.1 Å². The highest BCUT2D eigenvalue weighted by Gasteiger charge is 2.10. The molecule has 2 aromatic carbocycles. The van der Waals surface area contributed by atoms with E-state index in [2.05, 4.69) is 25.0 Å². The Labute approximate surface area is 186 Å². The molecule has 0 unspecified atom stereocenters. The van der Waals surface area contributed by atoms with Crippen LogP contribution in [0.2, 0.25) is 0 Å². The van der Waals surface area contributed by atoms with Crippen LogP contribution in [0, 0.1) is 17.7 Å². The minimum atomic E-state index is -0.565. The number of hydrogen-bond donors (Lipinski definition) is 0. The van der Waals surface area contributed by atoms with Gasteiger partial charge in [0.15, 0.2) is 0 Å². The van der Waals surface area contributed by atoms with Gasteiger partial charge in [0.1, 0.15) is 28.8 Å². The topological polar surface area (TPSA) is 61.8 Å². The Morgan fingerprint density at radius 3 is 1.94 bits per heavy atom. The lowest BCUT2D eigenvalue weighted by Crippen LogP contribution is -2.07. The first kappa shape index (κ1) is 24.2. The van der Waals surface area contributed by atoms with Crippen LogP contribution < -0.4 is 9.47 Å². The van der Waals surface area contributed by atoms with E-state index in [1.165, 1.54) is 19.1 Å². The summed E-state index contributed by atoms with van der Waals surface area (Å²) in [6.45, 7) is 13.3. The summed E-state index contributed by atoms with van der Waals surface area (Å²) in [7, 11) is 0. The van der Waals surface area contributed by atoms with Gasteiger partial charge in [0, 0.05) is 22.8 Å². The standard InChI is InChI=1S/C26H23FO5/c1-16(2)25(28)31-19(6)18(5)30-23-14-11-21(24(27)15-23)10-7-20-8-12-22(13-9-20)32-26(29)17(3)4/h8-9,11-15H,1,3H2,2,4-6H3/b19-18+. The second-order valence-electron chi connectivity index (χ2n) is 6.97. The fourth-order valence-corrected chi connectivity index (χ4v) is 2.15. The van der Waals surface area contributed by atoms with Crippen molar-refractivity contribution in [3.05, 3.63) is 95.2 Å². The number of carbonyl (C=O) groups excluding carboxylic acids is 2. The third kappa shape index (κ3) is 6.99. The van der Waals surface area contributed by atoms with Crippen LogP contribution in [0.25, 0.3) is 0 Å². The van der Waals surface area contributed by atoms with Crippen LogP contribution in [0.15, 0.2) is 78.3 Å². The molecule has 32 heavy (non-hydrogen) atoms. The molecule has 0 aliphatic rings. The zero-order chi connectivity index (χ0) is 23.8. The zero-order valence-corrected chi connectivity index (χ0v) is 18.4. The molecule has 0 aliphatic heterocycles. The lowest BCUT2D eigenvalue weighted by atomic mass is 10.1. The molecule has 2 rings (SSSR count). The molecule has 0 saturated carbocycles. The van der Waals surface area contributed by atoms with Gasteiger partial charge in [-0.15, -0.1) is 0 Å². The smallest absolute Gasteiger partial charge is 0.338 e. The second kappa shape index (κ2) is 10.8. The van der Waals surface area contributed by atoms with E-state index < -0.39 is 17.8 Å². The summed E-state index contributed by atoms with van der Waals surface area (Å²) < 4.78 is 30.2. The van der Waals surface area contributed by atoms with E-state index in [-0.39, 0.29) is 22.6 Å². The fraction of sp³-hybridized carbons (Fsp3) is 0.154. The molecule has 164 valence electrons. The van der Waals surface area contributed by atoms with Crippen LogP contribution in [-0.4, -0.2) is 11.9 Å². The first-order valence-electron chi connectivity index (χ1n) is 9.59. The van der Waals surface area contributed by atoms with Gasteiger partial charge in [-0.2, -0.15) is 0 Å². The van der Waals surface area contributed by atoms with Crippen molar-refractivity contribution in [1.82, 2.24) is 0 Å². The number of halogens is 1. The molecular formula is C26H23FO5. The molecule has 0 heterocycles. The molecule has 2 aromatic rings. The summed E-state index contributed by atoms with van der Waals surface area (Å²) in [6, 6.07) is 10.8. The summed E-state index contributed by atoms with van der Waals surface area (Å²) in [5.41, 5.74) is 1.36. The SMILES string of the molecule is C=C(C)C(=O)O/C(C)=C(\C)Oc1ccc(C#Cc2ccc(OC(=O)C(=C)C)cc2)c(F)c1. The van der Waals surface area contributed by atoms with Crippen LogP contribution in [0.3, 0.4) is 0 Å². The molecule has 0 spiro atoms. The van der Waals surface area contributed by atoms with Crippen molar-refractivity contribution in [2.24, 2.45) is 0 Å². The summed E-state index contributed by atoms with van der Waals surface area (Å²) in [6.07, 6.45) is 0. The van der Waals surface area contributed by atoms with Crippen molar-refractivity contribution in [1.29, 1.82) is 0 Å². The summed E-state index contributed by atoms with van der Waals surface area (Å²) in [5, 5.41) is 0. The largest absolute Gasteiger partial charge is 0.458 e. The van der Waals surface area contributed by atoms with E-state index in [0.717, 1.165) is 0 Å². The number of rotatable bonds is 6. The number of ether oxygens (including phenoxy) is 3. The molecule has 5 nitrogen and oxygen atoms in total. The van der Waals surface area contributed by atoms with Gasteiger partial charge in [0.2, 0.25) is 0 Å². The maximum Gasteiger partial charge on any atom is 0.338 e. The van der Waals surface area contributed by atoms with E-state index in [4.69, 9.17) is 14.2 Å². The van der Waals surface area contributed by atoms with Crippen LogP contribution in [-0.2, 0) is 14.3 Å². The first-order chi connectivity index (χ1) is 15.1. The molecule has 0 radical (unpaired) electrons. The van der Waals surface area contributed by atoms with E-state index in [1.807, 2.05) is 0 Å². The molecule has 0 atom stereocenters. The van der Waals surface area contributed by atoms with E-state index in [1.54, 1.807) is 51.1 Å². The quantitative estimate of drug-likeness (QED) is 0.199. The highest BCUT2D eigenvalue weighted by atomic mass is 19.1.